The van der Waals surface area contributed by atoms with Crippen molar-refractivity contribution >= 4 is 29.8 Å². The van der Waals surface area contributed by atoms with Gasteiger partial charge in [0.2, 0.25) is 0 Å². The standard InChI is InChI=1S/C28H36O13/c1-15(29)34-14-23-26(39-18(4)32)27(40-19(5)33)28(41-23)36-13-21-11-22(35-12-20-9-7-6-8-10-20)25(38-17(3)31)24(21)37-16(2)30/h6-10,21-28H,11-14H2,1-5H3/t21-,22-,23-,24-,25-,26-,27+,28+/m1/s1. The average molecular weight is 581 g/mol. The highest BCUT2D eigenvalue weighted by molar-refractivity contribution is 5.68. The minimum atomic E-state index is -1.22. The molecular formula is C28H36O13. The predicted octanol–water partition coefficient (Wildman–Crippen LogP) is 1.62. The molecule has 2 aliphatic rings. The molecular weight excluding hydrogens is 544 g/mol. The zero-order valence-corrected chi connectivity index (χ0v) is 23.6. The van der Waals surface area contributed by atoms with Gasteiger partial charge in [-0.15, -0.1) is 0 Å². The Morgan fingerprint density at radius 1 is 0.683 bits per heavy atom. The second-order valence-electron chi connectivity index (χ2n) is 9.81. The number of esters is 5. The second kappa shape index (κ2) is 14.9. The van der Waals surface area contributed by atoms with Crippen LogP contribution >= 0.6 is 0 Å². The Bertz CT molecular complexity index is 1070. The highest BCUT2D eigenvalue weighted by Gasteiger charge is 2.53. The summed E-state index contributed by atoms with van der Waals surface area (Å²) in [6.45, 7) is 5.88. The van der Waals surface area contributed by atoms with Gasteiger partial charge in [-0.1, -0.05) is 30.3 Å². The summed E-state index contributed by atoms with van der Waals surface area (Å²) in [7, 11) is 0. The molecule has 41 heavy (non-hydrogen) atoms. The lowest BCUT2D eigenvalue weighted by atomic mass is 10.1. The number of ether oxygens (including phenoxy) is 8. The van der Waals surface area contributed by atoms with E-state index >= 15 is 0 Å². The summed E-state index contributed by atoms with van der Waals surface area (Å²) in [5.41, 5.74) is 0.900. The molecule has 0 radical (unpaired) electrons. The van der Waals surface area contributed by atoms with Crippen molar-refractivity contribution in [2.24, 2.45) is 5.92 Å². The highest BCUT2D eigenvalue weighted by Crippen LogP contribution is 2.36. The summed E-state index contributed by atoms with van der Waals surface area (Å²) in [6.07, 6.45) is -6.67. The lowest BCUT2D eigenvalue weighted by Gasteiger charge is -2.27. The highest BCUT2D eigenvalue weighted by atomic mass is 16.7. The quantitative estimate of drug-likeness (QED) is 0.259. The Balaban J connectivity index is 1.79. The van der Waals surface area contributed by atoms with E-state index in [-0.39, 0.29) is 26.2 Å². The van der Waals surface area contributed by atoms with Crippen LogP contribution in [-0.4, -0.2) is 86.0 Å². The molecule has 0 bridgehead atoms. The normalized spacial score (nSPS) is 28.9. The predicted molar refractivity (Wildman–Crippen MR) is 137 cm³/mol. The van der Waals surface area contributed by atoms with Gasteiger partial charge in [-0.2, -0.15) is 0 Å². The number of hydrogen-bond donors (Lipinski definition) is 0. The van der Waals surface area contributed by atoms with Gasteiger partial charge in [0.1, 0.15) is 18.8 Å². The van der Waals surface area contributed by atoms with E-state index in [0.29, 0.717) is 0 Å². The van der Waals surface area contributed by atoms with Gasteiger partial charge in [0, 0.05) is 40.5 Å². The van der Waals surface area contributed by atoms with Gasteiger partial charge in [-0.05, 0) is 12.0 Å². The van der Waals surface area contributed by atoms with Gasteiger partial charge in [0.25, 0.3) is 0 Å². The average Bonchev–Trinajstić information content (AvgIpc) is 3.36. The summed E-state index contributed by atoms with van der Waals surface area (Å²) in [5, 5.41) is 0. The van der Waals surface area contributed by atoms with Crippen molar-refractivity contribution in [3.8, 4) is 0 Å². The Kier molecular flexibility index (Phi) is 11.6. The van der Waals surface area contributed by atoms with Crippen molar-refractivity contribution in [1.82, 2.24) is 0 Å². The van der Waals surface area contributed by atoms with Crippen LogP contribution in [0, 0.1) is 5.92 Å². The molecule has 1 aromatic carbocycles. The van der Waals surface area contributed by atoms with E-state index in [2.05, 4.69) is 0 Å². The molecule has 1 aliphatic carbocycles. The zero-order chi connectivity index (χ0) is 30.1. The Morgan fingerprint density at radius 3 is 1.83 bits per heavy atom. The number of carbonyl (C=O) groups excluding carboxylic acids is 5. The molecule has 1 saturated carbocycles. The molecule has 1 saturated heterocycles. The molecule has 0 unspecified atom stereocenters. The molecule has 13 nitrogen and oxygen atoms in total. The Morgan fingerprint density at radius 2 is 1.24 bits per heavy atom. The van der Waals surface area contributed by atoms with Gasteiger partial charge in [0.05, 0.1) is 19.3 Å². The van der Waals surface area contributed by atoms with Crippen molar-refractivity contribution in [1.29, 1.82) is 0 Å². The number of benzene rings is 1. The van der Waals surface area contributed by atoms with Gasteiger partial charge >= 0.3 is 29.8 Å². The van der Waals surface area contributed by atoms with Crippen LogP contribution in [0.3, 0.4) is 0 Å². The van der Waals surface area contributed by atoms with E-state index in [4.69, 9.17) is 37.9 Å². The summed E-state index contributed by atoms with van der Waals surface area (Å²) >= 11 is 0. The van der Waals surface area contributed by atoms with Crippen LogP contribution in [0.1, 0.15) is 46.6 Å². The summed E-state index contributed by atoms with van der Waals surface area (Å²) in [4.78, 5) is 59.0. The molecule has 0 spiro atoms. The summed E-state index contributed by atoms with van der Waals surface area (Å²) in [5.74, 6) is -3.62. The van der Waals surface area contributed by atoms with Crippen LogP contribution in [0.15, 0.2) is 30.3 Å². The van der Waals surface area contributed by atoms with Crippen molar-refractivity contribution in [2.45, 2.75) is 90.6 Å². The molecule has 0 amide bonds. The third-order valence-electron chi connectivity index (χ3n) is 6.40. The van der Waals surface area contributed by atoms with Gasteiger partial charge in [-0.25, -0.2) is 0 Å². The first-order chi connectivity index (χ1) is 19.4. The van der Waals surface area contributed by atoms with Crippen LogP contribution in [0.2, 0.25) is 0 Å². The maximum absolute atomic E-state index is 12.0. The third-order valence-corrected chi connectivity index (χ3v) is 6.40. The molecule has 1 aliphatic heterocycles. The van der Waals surface area contributed by atoms with Crippen LogP contribution in [0.5, 0.6) is 0 Å². The van der Waals surface area contributed by atoms with Gasteiger partial charge < -0.3 is 37.9 Å². The first-order valence-corrected chi connectivity index (χ1v) is 13.2. The topological polar surface area (TPSA) is 159 Å². The van der Waals surface area contributed by atoms with Gasteiger partial charge in [0.15, 0.2) is 24.6 Å². The monoisotopic (exact) mass is 580 g/mol. The fourth-order valence-electron chi connectivity index (χ4n) is 4.87. The maximum Gasteiger partial charge on any atom is 0.303 e. The molecule has 0 N–H and O–H groups in total. The molecule has 226 valence electrons. The van der Waals surface area contributed by atoms with Crippen molar-refractivity contribution < 1.29 is 61.9 Å². The first kappa shape index (κ1) is 32.0. The van der Waals surface area contributed by atoms with Crippen LogP contribution in [0.4, 0.5) is 0 Å². The molecule has 1 heterocycles. The lowest BCUT2D eigenvalue weighted by molar-refractivity contribution is -0.199. The lowest BCUT2D eigenvalue weighted by Crippen LogP contribution is -2.42. The minimum absolute atomic E-state index is 0.101. The SMILES string of the molecule is CC(=O)OC[C@H]1O[C@H](OC[C@H]2C[C@@H](OCc3ccccc3)[C@@H](OC(C)=O)[C@@H]2OC(C)=O)[C@@H](OC(C)=O)[C@@H]1OC(C)=O. The third kappa shape index (κ3) is 9.51. The first-order valence-electron chi connectivity index (χ1n) is 13.2. The van der Waals surface area contributed by atoms with E-state index in [1.165, 1.54) is 34.6 Å². The second-order valence-corrected chi connectivity index (χ2v) is 9.81. The van der Waals surface area contributed by atoms with Crippen LogP contribution in [-0.2, 0) is 68.5 Å². The van der Waals surface area contributed by atoms with Crippen molar-refractivity contribution in [3.05, 3.63) is 35.9 Å². The van der Waals surface area contributed by atoms with Gasteiger partial charge in [-0.3, -0.25) is 24.0 Å². The summed E-state index contributed by atoms with van der Waals surface area (Å²) in [6, 6.07) is 9.39. The molecule has 13 heteroatoms. The molecule has 8 atom stereocenters. The Labute approximate surface area is 237 Å². The maximum atomic E-state index is 12.0. The van der Waals surface area contributed by atoms with E-state index < -0.39 is 78.7 Å². The minimum Gasteiger partial charge on any atom is -0.463 e. The summed E-state index contributed by atoms with van der Waals surface area (Å²) < 4.78 is 44.8. The van der Waals surface area contributed by atoms with Crippen LogP contribution < -0.4 is 0 Å². The molecule has 3 rings (SSSR count). The Hall–Kier alpha value is -3.55. The van der Waals surface area contributed by atoms with E-state index in [0.717, 1.165) is 5.56 Å². The molecule has 1 aromatic rings. The smallest absolute Gasteiger partial charge is 0.303 e. The number of rotatable bonds is 12. The largest absolute Gasteiger partial charge is 0.463 e. The van der Waals surface area contributed by atoms with Crippen molar-refractivity contribution in [3.63, 3.8) is 0 Å². The van der Waals surface area contributed by atoms with Crippen molar-refractivity contribution in [2.75, 3.05) is 13.2 Å². The van der Waals surface area contributed by atoms with E-state index in [1.807, 2.05) is 30.3 Å². The number of carbonyl (C=O) groups is 5. The molecule has 2 fully saturated rings. The van der Waals surface area contributed by atoms with E-state index in [9.17, 15) is 24.0 Å². The fraction of sp³-hybridized carbons (Fsp3) is 0.607. The number of hydrogen-bond acceptors (Lipinski definition) is 13. The van der Waals surface area contributed by atoms with Crippen LogP contribution in [0.25, 0.3) is 0 Å². The molecule has 0 aromatic heterocycles. The van der Waals surface area contributed by atoms with E-state index in [1.54, 1.807) is 0 Å². The fourth-order valence-corrected chi connectivity index (χ4v) is 4.87. The zero-order valence-electron chi connectivity index (χ0n) is 23.6.